The van der Waals surface area contributed by atoms with Crippen molar-refractivity contribution in [3.05, 3.63) is 0 Å². The van der Waals surface area contributed by atoms with Crippen LogP contribution < -0.4 is 0 Å². The molecule has 0 saturated carbocycles. The number of carbonyl (C=O) groups excluding carboxylic acids is 1. The number of carbonyl (C=O) groups is 1. The zero-order valence-corrected chi connectivity index (χ0v) is 7.16. The summed E-state index contributed by atoms with van der Waals surface area (Å²) in [4.78, 5) is 10.7. The molecular weight excluding hydrogens is 160 g/mol. The van der Waals surface area contributed by atoms with Crippen LogP contribution in [0.25, 0.3) is 0 Å². The molecule has 0 aromatic carbocycles. The third kappa shape index (κ3) is 2.79. The molecule has 12 heavy (non-hydrogen) atoms. The number of aliphatic hydroxyl groups is 1. The van der Waals surface area contributed by atoms with E-state index >= 15 is 0 Å². The number of ether oxygens (including phenoxy) is 2. The van der Waals surface area contributed by atoms with Crippen molar-refractivity contribution in [1.29, 1.82) is 0 Å². The third-order valence-corrected chi connectivity index (χ3v) is 1.90. The highest BCUT2D eigenvalue weighted by Crippen LogP contribution is 2.19. The molecule has 1 aliphatic heterocycles. The Labute approximate surface area is 71.5 Å². The molecule has 0 aromatic rings. The maximum absolute atomic E-state index is 10.7. The van der Waals surface area contributed by atoms with E-state index in [0.717, 1.165) is 0 Å². The van der Waals surface area contributed by atoms with Crippen molar-refractivity contribution in [3.8, 4) is 0 Å². The second kappa shape index (κ2) is 4.42. The molecule has 1 N–H and O–H groups in total. The lowest BCUT2D eigenvalue weighted by Crippen LogP contribution is -2.18. The van der Waals surface area contributed by atoms with E-state index in [4.69, 9.17) is 9.47 Å². The number of cyclic esters (lactones) is 1. The van der Waals surface area contributed by atoms with E-state index in [1.54, 1.807) is 7.11 Å². The number of aliphatic hydroxyl groups excluding tert-OH is 1. The molecule has 0 spiro atoms. The van der Waals surface area contributed by atoms with Gasteiger partial charge in [-0.1, -0.05) is 0 Å². The lowest BCUT2D eigenvalue weighted by Gasteiger charge is -2.11. The van der Waals surface area contributed by atoms with Crippen LogP contribution in [0.3, 0.4) is 0 Å². The predicted molar refractivity (Wildman–Crippen MR) is 41.6 cm³/mol. The molecule has 70 valence electrons. The molecule has 1 fully saturated rings. The Bertz CT molecular complexity index is 157. The van der Waals surface area contributed by atoms with Gasteiger partial charge < -0.3 is 14.6 Å². The summed E-state index contributed by atoms with van der Waals surface area (Å²) < 4.78 is 9.52. The molecule has 0 aromatic heterocycles. The average Bonchev–Trinajstić information content (AvgIpc) is 2.36. The molecule has 1 saturated heterocycles. The summed E-state index contributed by atoms with van der Waals surface area (Å²) in [6.07, 6.45) is 0.537. The Kier molecular flexibility index (Phi) is 3.49. The molecule has 0 radical (unpaired) electrons. The summed E-state index contributed by atoms with van der Waals surface area (Å²) >= 11 is 0. The minimum atomic E-state index is -0.477. The van der Waals surface area contributed by atoms with Crippen molar-refractivity contribution in [2.75, 3.05) is 20.3 Å². The molecule has 1 aliphatic rings. The van der Waals surface area contributed by atoms with Gasteiger partial charge in [0.25, 0.3) is 0 Å². The lowest BCUT2D eigenvalue weighted by atomic mass is 10.0. The Morgan fingerprint density at radius 3 is 3.08 bits per heavy atom. The summed E-state index contributed by atoms with van der Waals surface area (Å²) in [5, 5.41) is 9.30. The van der Waals surface area contributed by atoms with Crippen LogP contribution in [0.5, 0.6) is 0 Å². The van der Waals surface area contributed by atoms with Crippen molar-refractivity contribution in [2.24, 2.45) is 5.92 Å². The van der Waals surface area contributed by atoms with E-state index in [1.165, 1.54) is 0 Å². The van der Waals surface area contributed by atoms with Gasteiger partial charge in [-0.05, 0) is 6.42 Å². The molecule has 1 heterocycles. The normalized spacial score (nSPS) is 25.5. The van der Waals surface area contributed by atoms with Crippen molar-refractivity contribution in [1.82, 2.24) is 0 Å². The van der Waals surface area contributed by atoms with Crippen LogP contribution in [-0.2, 0) is 14.3 Å². The fourth-order valence-corrected chi connectivity index (χ4v) is 1.36. The molecule has 2 atom stereocenters. The summed E-state index contributed by atoms with van der Waals surface area (Å²) in [5.74, 6) is 0.00673. The largest absolute Gasteiger partial charge is 0.465 e. The van der Waals surface area contributed by atoms with Gasteiger partial charge in [-0.25, -0.2) is 0 Å². The maximum Gasteiger partial charge on any atom is 0.306 e. The van der Waals surface area contributed by atoms with Crippen LogP contribution in [0.15, 0.2) is 0 Å². The highest BCUT2D eigenvalue weighted by molar-refractivity contribution is 5.71. The molecule has 2 unspecified atom stereocenters. The predicted octanol–water partition coefficient (Wildman–Crippen LogP) is -0.0531. The van der Waals surface area contributed by atoms with Crippen LogP contribution >= 0.6 is 0 Å². The smallest absolute Gasteiger partial charge is 0.306 e. The van der Waals surface area contributed by atoms with Crippen molar-refractivity contribution >= 4 is 5.97 Å². The molecular formula is C8H14O4. The molecule has 4 nitrogen and oxygen atoms in total. The number of hydrogen-bond donors (Lipinski definition) is 1. The first-order valence-electron chi connectivity index (χ1n) is 4.05. The number of esters is 1. The Morgan fingerprint density at radius 1 is 1.83 bits per heavy atom. The first-order valence-corrected chi connectivity index (χ1v) is 4.05. The fourth-order valence-electron chi connectivity index (χ4n) is 1.36. The quantitative estimate of drug-likeness (QED) is 0.607. The van der Waals surface area contributed by atoms with Gasteiger partial charge in [0.15, 0.2) is 0 Å². The standard InChI is InChI=1S/C8H14O4/c1-11-5-7(9)2-6-3-8(10)12-4-6/h6-7,9H,2-5H2,1H3. The Hall–Kier alpha value is -0.610. The van der Waals surface area contributed by atoms with Gasteiger partial charge in [-0.15, -0.1) is 0 Å². The fraction of sp³-hybridized carbons (Fsp3) is 0.875. The average molecular weight is 174 g/mol. The summed E-state index contributed by atoms with van der Waals surface area (Å²) in [7, 11) is 1.54. The third-order valence-electron chi connectivity index (χ3n) is 1.90. The van der Waals surface area contributed by atoms with Gasteiger partial charge in [0.05, 0.1) is 25.7 Å². The number of methoxy groups -OCH3 is 1. The van der Waals surface area contributed by atoms with E-state index in [9.17, 15) is 9.90 Å². The SMILES string of the molecule is COCC(O)CC1COC(=O)C1. The van der Waals surface area contributed by atoms with E-state index in [1.807, 2.05) is 0 Å². The summed E-state index contributed by atoms with van der Waals surface area (Å²) in [6, 6.07) is 0. The van der Waals surface area contributed by atoms with E-state index in [0.29, 0.717) is 26.1 Å². The highest BCUT2D eigenvalue weighted by atomic mass is 16.5. The monoisotopic (exact) mass is 174 g/mol. The van der Waals surface area contributed by atoms with Gasteiger partial charge >= 0.3 is 5.97 Å². The highest BCUT2D eigenvalue weighted by Gasteiger charge is 2.25. The molecule has 0 amide bonds. The van der Waals surface area contributed by atoms with Crippen molar-refractivity contribution < 1.29 is 19.4 Å². The topological polar surface area (TPSA) is 55.8 Å². The van der Waals surface area contributed by atoms with Gasteiger partial charge in [-0.3, -0.25) is 4.79 Å². The van der Waals surface area contributed by atoms with E-state index < -0.39 is 6.10 Å². The van der Waals surface area contributed by atoms with Gasteiger partial charge in [0.1, 0.15) is 0 Å². The molecule has 1 rings (SSSR count). The molecule has 0 aliphatic carbocycles. The van der Waals surface area contributed by atoms with Crippen LogP contribution in [-0.4, -0.2) is 37.5 Å². The number of hydrogen-bond acceptors (Lipinski definition) is 4. The second-order valence-corrected chi connectivity index (χ2v) is 3.10. The van der Waals surface area contributed by atoms with Gasteiger partial charge in [0, 0.05) is 13.0 Å². The van der Waals surface area contributed by atoms with Crippen LogP contribution in [0.4, 0.5) is 0 Å². The zero-order chi connectivity index (χ0) is 8.97. The first kappa shape index (κ1) is 9.48. The van der Waals surface area contributed by atoms with Crippen LogP contribution in [0, 0.1) is 5.92 Å². The lowest BCUT2D eigenvalue weighted by molar-refractivity contribution is -0.137. The summed E-state index contributed by atoms with van der Waals surface area (Å²) in [6.45, 7) is 0.768. The van der Waals surface area contributed by atoms with E-state index in [2.05, 4.69) is 0 Å². The molecule has 0 bridgehead atoms. The minimum absolute atomic E-state index is 0.162. The first-order chi connectivity index (χ1) is 5.72. The Morgan fingerprint density at radius 2 is 2.58 bits per heavy atom. The zero-order valence-electron chi connectivity index (χ0n) is 7.16. The summed E-state index contributed by atoms with van der Waals surface area (Å²) in [5.41, 5.74) is 0. The van der Waals surface area contributed by atoms with Gasteiger partial charge in [-0.2, -0.15) is 0 Å². The maximum atomic E-state index is 10.7. The van der Waals surface area contributed by atoms with E-state index in [-0.39, 0.29) is 11.9 Å². The van der Waals surface area contributed by atoms with Gasteiger partial charge in [0.2, 0.25) is 0 Å². The second-order valence-electron chi connectivity index (χ2n) is 3.10. The number of rotatable bonds is 4. The van der Waals surface area contributed by atoms with Crippen molar-refractivity contribution in [3.63, 3.8) is 0 Å². The van der Waals surface area contributed by atoms with Crippen LogP contribution in [0.2, 0.25) is 0 Å². The van der Waals surface area contributed by atoms with Crippen molar-refractivity contribution in [2.45, 2.75) is 18.9 Å². The van der Waals surface area contributed by atoms with Crippen LogP contribution in [0.1, 0.15) is 12.8 Å². The molecule has 4 heteroatoms. The minimum Gasteiger partial charge on any atom is -0.465 e. The Balaban J connectivity index is 2.18.